The SMILES string of the molecule is C[C@@H]1C[C@H](OC(=O)C(C)(C)C)[C@@]2(C)CC[C@H]3[C@@H](CC[C@H]4N(C)C(=O)CC[C@]34C)[C@H]12. The van der Waals surface area contributed by atoms with E-state index in [1.54, 1.807) is 0 Å². The number of nitrogens with zero attached hydrogens (tertiary/aromatic N) is 1. The van der Waals surface area contributed by atoms with Gasteiger partial charge in [-0.1, -0.05) is 20.8 Å². The van der Waals surface area contributed by atoms with E-state index in [-0.39, 0.29) is 22.9 Å². The van der Waals surface area contributed by atoms with E-state index < -0.39 is 5.41 Å². The Morgan fingerprint density at radius 2 is 1.79 bits per heavy atom. The molecule has 0 bridgehead atoms. The van der Waals surface area contributed by atoms with E-state index in [0.29, 0.717) is 42.0 Å². The third-order valence-corrected chi connectivity index (χ3v) is 9.65. The summed E-state index contributed by atoms with van der Waals surface area (Å²) in [6, 6.07) is 0.403. The molecule has 4 aliphatic rings. The molecule has 29 heavy (non-hydrogen) atoms. The van der Waals surface area contributed by atoms with Gasteiger partial charge < -0.3 is 9.64 Å². The molecule has 3 aliphatic carbocycles. The van der Waals surface area contributed by atoms with Gasteiger partial charge in [-0.05, 0) is 88.4 Å². The van der Waals surface area contributed by atoms with Gasteiger partial charge in [-0.25, -0.2) is 0 Å². The minimum Gasteiger partial charge on any atom is -0.461 e. The van der Waals surface area contributed by atoms with Gasteiger partial charge in [-0.2, -0.15) is 0 Å². The van der Waals surface area contributed by atoms with Gasteiger partial charge >= 0.3 is 5.97 Å². The Kier molecular flexibility index (Phi) is 4.91. The maximum Gasteiger partial charge on any atom is 0.311 e. The first-order chi connectivity index (χ1) is 13.4. The molecule has 0 radical (unpaired) electrons. The summed E-state index contributed by atoms with van der Waals surface area (Å²) in [5.41, 5.74) is -0.104. The maximum atomic E-state index is 12.7. The van der Waals surface area contributed by atoms with Gasteiger partial charge in [0.15, 0.2) is 0 Å². The summed E-state index contributed by atoms with van der Waals surface area (Å²) in [7, 11) is 2.03. The first-order valence-electron chi connectivity index (χ1n) is 11.9. The summed E-state index contributed by atoms with van der Waals surface area (Å²) in [6.45, 7) is 13.1. The molecule has 4 heteroatoms. The van der Waals surface area contributed by atoms with Crippen molar-refractivity contribution >= 4 is 11.9 Å². The Morgan fingerprint density at radius 3 is 2.45 bits per heavy atom. The van der Waals surface area contributed by atoms with Crippen LogP contribution in [0.15, 0.2) is 0 Å². The number of ether oxygens (including phenoxy) is 1. The number of likely N-dealkylation sites (tertiary alicyclic amines) is 1. The van der Waals surface area contributed by atoms with Crippen molar-refractivity contribution in [3.05, 3.63) is 0 Å². The van der Waals surface area contributed by atoms with Crippen molar-refractivity contribution in [3.63, 3.8) is 0 Å². The molecule has 0 aromatic heterocycles. The predicted molar refractivity (Wildman–Crippen MR) is 114 cm³/mol. The third-order valence-electron chi connectivity index (χ3n) is 9.65. The van der Waals surface area contributed by atoms with E-state index in [9.17, 15) is 9.59 Å². The standard InChI is InChI=1S/C25H41NO3/c1-15-14-19(29-22(28)23(2,3)4)25(6)12-10-17-16(21(15)25)8-9-18-24(17,5)13-11-20(27)26(18)7/h15-19,21H,8-14H2,1-7H3/t15-,16-,17+,18-,19+,21+,24-,25-/m1/s1. The summed E-state index contributed by atoms with van der Waals surface area (Å²) in [5.74, 6) is 2.88. The van der Waals surface area contributed by atoms with Crippen LogP contribution in [0.1, 0.15) is 86.5 Å². The van der Waals surface area contributed by atoms with E-state index in [0.717, 1.165) is 25.7 Å². The Labute approximate surface area is 177 Å². The van der Waals surface area contributed by atoms with E-state index in [1.165, 1.54) is 12.8 Å². The van der Waals surface area contributed by atoms with E-state index in [2.05, 4.69) is 25.7 Å². The van der Waals surface area contributed by atoms with Crippen LogP contribution in [0, 0.1) is 39.9 Å². The van der Waals surface area contributed by atoms with Crippen molar-refractivity contribution in [2.24, 2.45) is 39.9 Å². The molecule has 0 spiro atoms. The van der Waals surface area contributed by atoms with Crippen molar-refractivity contribution in [2.45, 2.75) is 98.6 Å². The summed E-state index contributed by atoms with van der Waals surface area (Å²) in [4.78, 5) is 27.1. The minimum atomic E-state index is -0.445. The maximum absolute atomic E-state index is 12.7. The highest BCUT2D eigenvalue weighted by Gasteiger charge is 2.63. The first-order valence-corrected chi connectivity index (χ1v) is 11.9. The Hall–Kier alpha value is -1.06. The Balaban J connectivity index is 1.60. The van der Waals surface area contributed by atoms with Crippen LogP contribution in [0.4, 0.5) is 0 Å². The van der Waals surface area contributed by atoms with Crippen molar-refractivity contribution < 1.29 is 14.3 Å². The molecule has 4 fully saturated rings. The van der Waals surface area contributed by atoms with Crippen LogP contribution in [0.3, 0.4) is 0 Å². The van der Waals surface area contributed by atoms with Crippen LogP contribution in [0.2, 0.25) is 0 Å². The van der Waals surface area contributed by atoms with E-state index in [1.807, 2.05) is 27.8 Å². The average molecular weight is 404 g/mol. The Bertz CT molecular complexity index is 697. The first kappa shape index (κ1) is 21.2. The van der Waals surface area contributed by atoms with Gasteiger partial charge in [0.2, 0.25) is 5.91 Å². The van der Waals surface area contributed by atoms with Gasteiger partial charge in [0.1, 0.15) is 6.10 Å². The molecular weight excluding hydrogens is 362 g/mol. The lowest BCUT2D eigenvalue weighted by atomic mass is 9.46. The van der Waals surface area contributed by atoms with E-state index in [4.69, 9.17) is 4.74 Å². The smallest absolute Gasteiger partial charge is 0.311 e. The molecule has 1 saturated heterocycles. The van der Waals surface area contributed by atoms with Crippen LogP contribution < -0.4 is 0 Å². The second-order valence-electron chi connectivity index (χ2n) is 12.3. The summed E-state index contributed by atoms with van der Waals surface area (Å²) in [5, 5.41) is 0. The zero-order valence-corrected chi connectivity index (χ0v) is 19.6. The highest BCUT2D eigenvalue weighted by atomic mass is 16.5. The number of esters is 1. The number of piperidine rings is 1. The van der Waals surface area contributed by atoms with Crippen LogP contribution in [-0.2, 0) is 14.3 Å². The van der Waals surface area contributed by atoms with Gasteiger partial charge in [0.25, 0.3) is 0 Å². The van der Waals surface area contributed by atoms with Gasteiger partial charge in [-0.3, -0.25) is 9.59 Å². The second kappa shape index (κ2) is 6.72. The Morgan fingerprint density at radius 1 is 1.10 bits per heavy atom. The zero-order valence-electron chi connectivity index (χ0n) is 19.6. The number of carbonyl (C=O) groups is 2. The lowest BCUT2D eigenvalue weighted by molar-refractivity contribution is -0.175. The minimum absolute atomic E-state index is 0.0521. The lowest BCUT2D eigenvalue weighted by Gasteiger charge is -2.62. The van der Waals surface area contributed by atoms with Gasteiger partial charge in [0, 0.05) is 24.9 Å². The predicted octanol–water partition coefficient (Wildman–Crippen LogP) is 5.05. The summed E-state index contributed by atoms with van der Waals surface area (Å²) in [6.07, 6.45) is 7.51. The van der Waals surface area contributed by atoms with Crippen LogP contribution in [0.25, 0.3) is 0 Å². The molecule has 164 valence electrons. The molecule has 1 aliphatic heterocycles. The number of amides is 1. The highest BCUT2D eigenvalue weighted by Crippen LogP contribution is 2.66. The van der Waals surface area contributed by atoms with Crippen molar-refractivity contribution in [1.29, 1.82) is 0 Å². The number of hydrogen-bond donors (Lipinski definition) is 0. The molecule has 0 N–H and O–H groups in total. The van der Waals surface area contributed by atoms with Crippen LogP contribution >= 0.6 is 0 Å². The van der Waals surface area contributed by atoms with Crippen LogP contribution in [0.5, 0.6) is 0 Å². The van der Waals surface area contributed by atoms with Gasteiger partial charge in [0.05, 0.1) is 5.41 Å². The molecule has 0 aromatic rings. The fourth-order valence-corrected chi connectivity index (χ4v) is 8.12. The normalized spacial score (nSPS) is 47.3. The fourth-order valence-electron chi connectivity index (χ4n) is 8.12. The number of rotatable bonds is 1. The average Bonchev–Trinajstić information content (AvgIpc) is 2.88. The summed E-state index contributed by atoms with van der Waals surface area (Å²) < 4.78 is 6.17. The topological polar surface area (TPSA) is 46.6 Å². The lowest BCUT2D eigenvalue weighted by Crippen LogP contribution is -2.61. The number of fused-ring (bicyclic) bond motifs is 5. The molecule has 1 heterocycles. The molecule has 0 aromatic carbocycles. The number of carbonyl (C=O) groups excluding carboxylic acids is 2. The molecule has 4 rings (SSSR count). The molecular formula is C25H41NO3. The summed E-state index contributed by atoms with van der Waals surface area (Å²) >= 11 is 0. The van der Waals surface area contributed by atoms with Crippen LogP contribution in [-0.4, -0.2) is 36.0 Å². The number of hydrogen-bond acceptors (Lipinski definition) is 3. The highest BCUT2D eigenvalue weighted by molar-refractivity contribution is 5.77. The van der Waals surface area contributed by atoms with E-state index >= 15 is 0 Å². The van der Waals surface area contributed by atoms with Crippen molar-refractivity contribution in [1.82, 2.24) is 4.90 Å². The molecule has 8 atom stereocenters. The second-order valence-corrected chi connectivity index (χ2v) is 12.3. The van der Waals surface area contributed by atoms with Gasteiger partial charge in [-0.15, -0.1) is 0 Å². The molecule has 1 amide bonds. The largest absolute Gasteiger partial charge is 0.461 e. The third kappa shape index (κ3) is 3.07. The molecule has 3 saturated carbocycles. The zero-order chi connectivity index (χ0) is 21.4. The van der Waals surface area contributed by atoms with Crippen molar-refractivity contribution in [3.8, 4) is 0 Å². The fraction of sp³-hybridized carbons (Fsp3) is 0.920. The molecule has 0 unspecified atom stereocenters. The van der Waals surface area contributed by atoms with Crippen molar-refractivity contribution in [2.75, 3.05) is 7.05 Å². The quantitative estimate of drug-likeness (QED) is 0.575. The molecule has 4 nitrogen and oxygen atoms in total. The monoisotopic (exact) mass is 403 g/mol.